The second kappa shape index (κ2) is 10.1. The zero-order chi connectivity index (χ0) is 20.6. The zero-order valence-electron chi connectivity index (χ0n) is 16.8. The highest BCUT2D eigenvalue weighted by Crippen LogP contribution is 2.27. The highest BCUT2D eigenvalue weighted by Gasteiger charge is 2.22. The largest absolute Gasteiger partial charge is 0.497 e. The van der Waals surface area contributed by atoms with Gasteiger partial charge in [0.15, 0.2) is 0 Å². The number of benzene rings is 2. The zero-order valence-corrected chi connectivity index (χ0v) is 16.8. The van der Waals surface area contributed by atoms with Crippen LogP contribution < -0.4 is 10.1 Å². The predicted molar refractivity (Wildman–Crippen MR) is 111 cm³/mol. The molecule has 29 heavy (non-hydrogen) atoms. The number of carboxylic acids is 1. The smallest absolute Gasteiger partial charge is 0.335 e. The Labute approximate surface area is 171 Å². The van der Waals surface area contributed by atoms with E-state index in [0.717, 1.165) is 43.8 Å². The van der Waals surface area contributed by atoms with Crippen molar-refractivity contribution < 1.29 is 19.4 Å². The lowest BCUT2D eigenvalue weighted by molar-refractivity contribution is -0.121. The molecule has 2 aromatic carbocycles. The topological polar surface area (TPSA) is 78.9 Å². The van der Waals surface area contributed by atoms with Crippen LogP contribution in [0.15, 0.2) is 48.5 Å². The summed E-state index contributed by atoms with van der Waals surface area (Å²) < 4.78 is 5.14. The lowest BCUT2D eigenvalue weighted by atomic mass is 9.90. The molecule has 1 aliphatic heterocycles. The van der Waals surface area contributed by atoms with E-state index in [-0.39, 0.29) is 5.91 Å². The third-order valence-electron chi connectivity index (χ3n) is 5.44. The van der Waals surface area contributed by atoms with E-state index in [4.69, 9.17) is 9.84 Å². The van der Waals surface area contributed by atoms with E-state index >= 15 is 0 Å². The number of nitrogens with zero attached hydrogens (tertiary/aromatic N) is 1. The van der Waals surface area contributed by atoms with E-state index in [9.17, 15) is 9.59 Å². The molecule has 0 aliphatic carbocycles. The Bertz CT molecular complexity index is 818. The SMILES string of the molecule is COc1ccc(CNC(=O)CCN2CCCC(c3ccc(C(=O)O)cc3)C2)cc1. The van der Waals surface area contributed by atoms with Gasteiger partial charge in [-0.15, -0.1) is 0 Å². The number of hydrogen-bond donors (Lipinski definition) is 2. The normalized spacial score (nSPS) is 16.9. The number of carbonyl (C=O) groups excluding carboxylic acids is 1. The fraction of sp³-hybridized carbons (Fsp3) is 0.391. The van der Waals surface area contributed by atoms with E-state index in [0.29, 0.717) is 24.4 Å². The molecule has 6 heteroatoms. The summed E-state index contributed by atoms with van der Waals surface area (Å²) in [6.07, 6.45) is 2.65. The monoisotopic (exact) mass is 396 g/mol. The van der Waals surface area contributed by atoms with Crippen molar-refractivity contribution in [2.24, 2.45) is 0 Å². The van der Waals surface area contributed by atoms with E-state index in [2.05, 4.69) is 10.2 Å². The van der Waals surface area contributed by atoms with E-state index in [1.54, 1.807) is 19.2 Å². The molecule has 3 rings (SSSR count). The standard InChI is InChI=1S/C23H28N2O4/c1-29-21-10-4-17(5-11-21)15-24-22(26)12-14-25-13-2-3-20(16-25)18-6-8-19(9-7-18)23(27)28/h4-11,20H,2-3,12-16H2,1H3,(H,24,26)(H,27,28). The molecule has 0 aromatic heterocycles. The molecular formula is C23H28N2O4. The Kier molecular flexibility index (Phi) is 7.25. The van der Waals surface area contributed by atoms with Crippen molar-refractivity contribution in [3.63, 3.8) is 0 Å². The molecule has 154 valence electrons. The highest BCUT2D eigenvalue weighted by atomic mass is 16.5. The van der Waals surface area contributed by atoms with Gasteiger partial charge in [0.2, 0.25) is 5.91 Å². The number of aromatic carboxylic acids is 1. The fourth-order valence-electron chi connectivity index (χ4n) is 3.72. The van der Waals surface area contributed by atoms with E-state index in [1.807, 2.05) is 36.4 Å². The molecule has 1 heterocycles. The third-order valence-corrected chi connectivity index (χ3v) is 5.44. The van der Waals surface area contributed by atoms with Crippen LogP contribution in [0.5, 0.6) is 5.75 Å². The van der Waals surface area contributed by atoms with E-state index in [1.165, 1.54) is 5.56 Å². The molecule has 0 radical (unpaired) electrons. The Hall–Kier alpha value is -2.86. The van der Waals surface area contributed by atoms with Crippen LogP contribution in [0.1, 0.15) is 46.7 Å². The first-order valence-corrected chi connectivity index (χ1v) is 10.0. The summed E-state index contributed by atoms with van der Waals surface area (Å²) in [6, 6.07) is 14.8. The summed E-state index contributed by atoms with van der Waals surface area (Å²) in [6.45, 7) is 3.15. The minimum Gasteiger partial charge on any atom is -0.497 e. The molecular weight excluding hydrogens is 368 g/mol. The van der Waals surface area contributed by atoms with Gasteiger partial charge >= 0.3 is 5.97 Å². The van der Waals surface area contributed by atoms with Crippen molar-refractivity contribution >= 4 is 11.9 Å². The first-order chi connectivity index (χ1) is 14.0. The van der Waals surface area contributed by atoms with Gasteiger partial charge in [0, 0.05) is 26.1 Å². The molecule has 0 saturated carbocycles. The van der Waals surface area contributed by atoms with Gasteiger partial charge < -0.3 is 20.1 Å². The Morgan fingerprint density at radius 3 is 2.52 bits per heavy atom. The van der Waals surface area contributed by atoms with Crippen LogP contribution in [0.3, 0.4) is 0 Å². The molecule has 1 unspecified atom stereocenters. The second-order valence-electron chi connectivity index (χ2n) is 7.44. The van der Waals surface area contributed by atoms with E-state index < -0.39 is 5.97 Å². The Morgan fingerprint density at radius 2 is 1.86 bits per heavy atom. The molecule has 1 atom stereocenters. The minimum atomic E-state index is -0.900. The van der Waals surface area contributed by atoms with Crippen LogP contribution in [0.2, 0.25) is 0 Å². The van der Waals surface area contributed by atoms with Crippen LogP contribution in [0, 0.1) is 0 Å². The molecule has 2 aromatic rings. The molecule has 1 fully saturated rings. The van der Waals surface area contributed by atoms with Gasteiger partial charge in [-0.05, 0) is 60.7 Å². The van der Waals surface area contributed by atoms with Gasteiger partial charge in [0.25, 0.3) is 0 Å². The quantitative estimate of drug-likeness (QED) is 0.716. The van der Waals surface area contributed by atoms with Gasteiger partial charge in [-0.2, -0.15) is 0 Å². The lowest BCUT2D eigenvalue weighted by Gasteiger charge is -2.32. The van der Waals surface area contributed by atoms with Crippen molar-refractivity contribution in [3.8, 4) is 5.75 Å². The molecule has 0 spiro atoms. The Morgan fingerprint density at radius 1 is 1.14 bits per heavy atom. The van der Waals surface area contributed by atoms with Crippen LogP contribution in [-0.2, 0) is 11.3 Å². The molecule has 1 saturated heterocycles. The lowest BCUT2D eigenvalue weighted by Crippen LogP contribution is -2.37. The molecule has 2 N–H and O–H groups in total. The van der Waals surface area contributed by atoms with Gasteiger partial charge in [-0.1, -0.05) is 24.3 Å². The van der Waals surface area contributed by atoms with Crippen molar-refractivity contribution in [1.82, 2.24) is 10.2 Å². The number of nitrogens with one attached hydrogen (secondary N) is 1. The molecule has 1 amide bonds. The van der Waals surface area contributed by atoms with Crippen molar-refractivity contribution in [1.29, 1.82) is 0 Å². The molecule has 6 nitrogen and oxygen atoms in total. The van der Waals surface area contributed by atoms with Crippen LogP contribution in [0.25, 0.3) is 0 Å². The van der Waals surface area contributed by atoms with Gasteiger partial charge in [-0.25, -0.2) is 4.79 Å². The average molecular weight is 396 g/mol. The number of carbonyl (C=O) groups is 2. The maximum Gasteiger partial charge on any atom is 0.335 e. The van der Waals surface area contributed by atoms with Crippen LogP contribution in [-0.4, -0.2) is 48.6 Å². The fourth-order valence-corrected chi connectivity index (χ4v) is 3.72. The first kappa shape index (κ1) is 20.9. The summed E-state index contributed by atoms with van der Waals surface area (Å²) in [5.41, 5.74) is 2.53. The van der Waals surface area contributed by atoms with Crippen molar-refractivity contribution in [3.05, 3.63) is 65.2 Å². The summed E-state index contributed by atoms with van der Waals surface area (Å²) in [5.74, 6) is 0.336. The molecule has 1 aliphatic rings. The summed E-state index contributed by atoms with van der Waals surface area (Å²) in [5, 5.41) is 12.0. The van der Waals surface area contributed by atoms with Gasteiger partial charge in [-0.3, -0.25) is 4.79 Å². The predicted octanol–water partition coefficient (Wildman–Crippen LogP) is 3.28. The highest BCUT2D eigenvalue weighted by molar-refractivity contribution is 5.87. The summed E-state index contributed by atoms with van der Waals surface area (Å²) in [7, 11) is 1.63. The third kappa shape index (κ3) is 6.06. The second-order valence-corrected chi connectivity index (χ2v) is 7.44. The maximum absolute atomic E-state index is 12.2. The van der Waals surface area contributed by atoms with Crippen molar-refractivity contribution in [2.75, 3.05) is 26.7 Å². The van der Waals surface area contributed by atoms with Crippen molar-refractivity contribution in [2.45, 2.75) is 31.7 Å². The number of carboxylic acid groups (broad SMARTS) is 1. The number of amides is 1. The number of rotatable bonds is 8. The summed E-state index contributed by atoms with van der Waals surface area (Å²) in [4.78, 5) is 25.6. The van der Waals surface area contributed by atoms with Gasteiger partial charge in [0.05, 0.1) is 12.7 Å². The van der Waals surface area contributed by atoms with Gasteiger partial charge in [0.1, 0.15) is 5.75 Å². The number of ether oxygens (including phenoxy) is 1. The minimum absolute atomic E-state index is 0.0498. The first-order valence-electron chi connectivity index (χ1n) is 10.0. The van der Waals surface area contributed by atoms with Crippen LogP contribution >= 0.6 is 0 Å². The maximum atomic E-state index is 12.2. The number of piperidine rings is 1. The number of methoxy groups -OCH3 is 1. The molecule has 0 bridgehead atoms. The average Bonchev–Trinajstić information content (AvgIpc) is 2.77. The number of likely N-dealkylation sites (tertiary alicyclic amines) is 1. The number of hydrogen-bond acceptors (Lipinski definition) is 4. The Balaban J connectivity index is 1.43. The summed E-state index contributed by atoms with van der Waals surface area (Å²) >= 11 is 0. The van der Waals surface area contributed by atoms with Crippen LogP contribution in [0.4, 0.5) is 0 Å².